The molecule has 43 heavy (non-hydrogen) atoms. The van der Waals surface area contributed by atoms with Crippen molar-refractivity contribution in [2.24, 2.45) is 0 Å². The highest BCUT2D eigenvalue weighted by Gasteiger charge is 2.58. The maximum absolute atomic E-state index is 12.0. The Balaban J connectivity index is 6.55. The fourth-order valence-corrected chi connectivity index (χ4v) is 28.1. The summed E-state index contributed by atoms with van der Waals surface area (Å²) in [6.07, 6.45) is 3.08. The SMILES string of the molecule is C=C(C)C(=O)NCCCC[Si](O[Si](C)(C)C)(O[Si](C)(C)C)O[Si](CCCCNC(=O)C(=C)C)(O[Si](C)(C)C)O[Si](C)(C)C. The molecule has 0 spiro atoms. The monoisotopic (exact) mass is 708 g/mol. The van der Waals surface area contributed by atoms with E-state index in [1.165, 1.54) is 0 Å². The molecule has 15 heteroatoms. The number of amides is 2. The lowest BCUT2D eigenvalue weighted by molar-refractivity contribution is -0.118. The summed E-state index contributed by atoms with van der Waals surface area (Å²) in [6.45, 7) is 38.0. The van der Waals surface area contributed by atoms with Gasteiger partial charge in [0.2, 0.25) is 11.8 Å². The van der Waals surface area contributed by atoms with E-state index in [2.05, 4.69) is 102 Å². The molecule has 0 aromatic heterocycles. The zero-order valence-electron chi connectivity index (χ0n) is 29.9. The van der Waals surface area contributed by atoms with Crippen LogP contribution in [0.25, 0.3) is 0 Å². The maximum Gasteiger partial charge on any atom is 0.472 e. The molecule has 0 aliphatic heterocycles. The molecule has 9 nitrogen and oxygen atoms in total. The second kappa shape index (κ2) is 17.4. The predicted octanol–water partition coefficient (Wildman–Crippen LogP) is 7.23. The Morgan fingerprint density at radius 3 is 0.953 bits per heavy atom. The molecule has 2 amide bonds. The molecular formula is C28H64N2O7Si6. The normalized spacial score (nSPS) is 13.5. The van der Waals surface area contributed by atoms with Crippen LogP contribution in [0.1, 0.15) is 39.5 Å². The first-order valence-corrected chi connectivity index (χ1v) is 33.1. The molecule has 0 aromatic rings. The Labute approximate surface area is 270 Å². The quantitative estimate of drug-likeness (QED) is 0.0695. The minimum atomic E-state index is -3.33. The van der Waals surface area contributed by atoms with Gasteiger partial charge in [0.15, 0.2) is 33.3 Å². The van der Waals surface area contributed by atoms with Gasteiger partial charge >= 0.3 is 17.6 Å². The summed E-state index contributed by atoms with van der Waals surface area (Å²) in [7, 11) is -15.3. The Morgan fingerprint density at radius 1 is 0.488 bits per heavy atom. The van der Waals surface area contributed by atoms with Crippen LogP contribution in [0.15, 0.2) is 24.3 Å². The zero-order valence-corrected chi connectivity index (χ0v) is 35.9. The van der Waals surface area contributed by atoms with Crippen molar-refractivity contribution in [1.29, 1.82) is 0 Å². The molecule has 2 N–H and O–H groups in total. The minimum Gasteiger partial charge on any atom is -0.417 e. The fourth-order valence-electron chi connectivity index (χ4n) is 4.17. The smallest absolute Gasteiger partial charge is 0.417 e. The van der Waals surface area contributed by atoms with Crippen molar-refractivity contribution in [3.8, 4) is 0 Å². The van der Waals surface area contributed by atoms with Gasteiger partial charge in [-0.25, -0.2) is 0 Å². The molecule has 0 saturated carbocycles. The van der Waals surface area contributed by atoms with Crippen molar-refractivity contribution >= 4 is 62.7 Å². The standard InChI is InChI=1S/C28H64N2O7Si6/c1-25(2)27(31)29-21-17-19-23-42(33-38(5,6)7,34-39(8,9)10)37-43(35-40(11,12)13,36-41(14,15)16)24-20-18-22-30-28(32)26(3)4/h1,3,17-24H2,2,4-16H3,(H,29,31)(H,30,32). The van der Waals surface area contributed by atoms with Crippen LogP contribution in [0.2, 0.25) is 90.7 Å². The summed E-state index contributed by atoms with van der Waals surface area (Å²) in [5.74, 6) is -0.260. The van der Waals surface area contributed by atoms with Crippen LogP contribution in [-0.4, -0.2) is 75.8 Å². The van der Waals surface area contributed by atoms with Gasteiger partial charge in [-0.05, 0) is 118 Å². The van der Waals surface area contributed by atoms with E-state index in [0.717, 1.165) is 25.7 Å². The Kier molecular flexibility index (Phi) is 17.2. The lowest BCUT2D eigenvalue weighted by Crippen LogP contribution is -2.67. The molecule has 0 aromatic carbocycles. The molecule has 0 fully saturated rings. The molecule has 0 saturated heterocycles. The molecule has 0 bridgehead atoms. The van der Waals surface area contributed by atoms with Crippen LogP contribution in [0.3, 0.4) is 0 Å². The second-order valence-corrected chi connectivity index (χ2v) is 40.0. The summed E-state index contributed by atoms with van der Waals surface area (Å²) >= 11 is 0. The Hall–Kier alpha value is -0.479. The Bertz CT molecular complexity index is 832. The van der Waals surface area contributed by atoms with E-state index < -0.39 is 50.9 Å². The van der Waals surface area contributed by atoms with Crippen molar-refractivity contribution in [3.63, 3.8) is 0 Å². The van der Waals surface area contributed by atoms with Crippen LogP contribution < -0.4 is 10.6 Å². The van der Waals surface area contributed by atoms with Gasteiger partial charge in [-0.15, -0.1) is 0 Å². The molecule has 0 heterocycles. The van der Waals surface area contributed by atoms with Crippen LogP contribution in [0, 0.1) is 0 Å². The van der Waals surface area contributed by atoms with E-state index in [9.17, 15) is 9.59 Å². The highest BCUT2D eigenvalue weighted by molar-refractivity contribution is 6.92. The number of hydrogen-bond acceptors (Lipinski definition) is 7. The fraction of sp³-hybridized carbons (Fsp3) is 0.786. The molecule has 0 unspecified atom stereocenters. The van der Waals surface area contributed by atoms with Gasteiger partial charge in [0.25, 0.3) is 0 Å². The van der Waals surface area contributed by atoms with Gasteiger partial charge in [0.1, 0.15) is 0 Å². The van der Waals surface area contributed by atoms with Gasteiger partial charge in [-0.1, -0.05) is 13.2 Å². The number of unbranched alkanes of at least 4 members (excludes halogenated alkanes) is 2. The van der Waals surface area contributed by atoms with Crippen molar-refractivity contribution in [2.75, 3.05) is 13.1 Å². The first kappa shape index (κ1) is 42.5. The lowest BCUT2D eigenvalue weighted by atomic mass is 10.3. The zero-order chi connectivity index (χ0) is 33.9. The van der Waals surface area contributed by atoms with E-state index in [1.54, 1.807) is 13.8 Å². The number of rotatable bonds is 22. The molecule has 0 aliphatic carbocycles. The van der Waals surface area contributed by atoms with E-state index in [4.69, 9.17) is 20.6 Å². The van der Waals surface area contributed by atoms with Crippen LogP contribution >= 0.6 is 0 Å². The van der Waals surface area contributed by atoms with Crippen LogP contribution in [-0.2, 0) is 30.2 Å². The van der Waals surface area contributed by atoms with E-state index in [-0.39, 0.29) is 11.8 Å². The predicted molar refractivity (Wildman–Crippen MR) is 194 cm³/mol. The summed E-state index contributed by atoms with van der Waals surface area (Å²) < 4.78 is 35.6. The first-order chi connectivity index (χ1) is 19.2. The van der Waals surface area contributed by atoms with Gasteiger partial charge in [-0.2, -0.15) is 0 Å². The average molecular weight is 709 g/mol. The van der Waals surface area contributed by atoms with Crippen molar-refractivity contribution in [2.45, 2.75) is 130 Å². The van der Waals surface area contributed by atoms with E-state index in [1.807, 2.05) is 0 Å². The minimum absolute atomic E-state index is 0.130. The molecule has 0 rings (SSSR count). The molecular weight excluding hydrogens is 645 g/mol. The summed E-state index contributed by atoms with van der Waals surface area (Å²) in [5.41, 5.74) is 0.997. The molecule has 252 valence electrons. The van der Waals surface area contributed by atoms with Crippen LogP contribution in [0.4, 0.5) is 0 Å². The lowest BCUT2D eigenvalue weighted by Gasteiger charge is -2.47. The summed E-state index contributed by atoms with van der Waals surface area (Å²) in [4.78, 5) is 24.1. The third-order valence-corrected chi connectivity index (χ3v) is 24.5. The first-order valence-electron chi connectivity index (χ1n) is 15.6. The van der Waals surface area contributed by atoms with E-state index in [0.29, 0.717) is 36.3 Å². The number of nitrogens with one attached hydrogen (secondary N) is 2. The molecule has 0 radical (unpaired) electrons. The van der Waals surface area contributed by atoms with Gasteiger partial charge < -0.3 is 31.2 Å². The number of carbonyl (C=O) groups excluding carboxylic acids is 2. The van der Waals surface area contributed by atoms with Gasteiger partial charge in [0.05, 0.1) is 0 Å². The largest absolute Gasteiger partial charge is 0.472 e. The highest BCUT2D eigenvalue weighted by atomic mass is 28.5. The summed E-state index contributed by atoms with van der Waals surface area (Å²) in [5, 5.41) is 5.87. The third-order valence-electron chi connectivity index (χ3n) is 5.32. The average Bonchev–Trinajstić information content (AvgIpc) is 2.73. The maximum atomic E-state index is 12.0. The second-order valence-electron chi connectivity index (χ2n) is 15.3. The topological polar surface area (TPSA) is 104 Å². The molecule has 0 aliphatic rings. The van der Waals surface area contributed by atoms with E-state index >= 15 is 0 Å². The third kappa shape index (κ3) is 21.0. The van der Waals surface area contributed by atoms with Crippen molar-refractivity contribution < 1.29 is 30.2 Å². The number of hydrogen-bond donors (Lipinski definition) is 2. The van der Waals surface area contributed by atoms with Crippen molar-refractivity contribution in [3.05, 3.63) is 24.3 Å². The highest BCUT2D eigenvalue weighted by Crippen LogP contribution is 2.36. The Morgan fingerprint density at radius 2 is 0.744 bits per heavy atom. The van der Waals surface area contributed by atoms with Crippen molar-refractivity contribution in [1.82, 2.24) is 10.6 Å². The summed E-state index contributed by atoms with van der Waals surface area (Å²) in [6, 6.07) is 1.25. The van der Waals surface area contributed by atoms with Gasteiger partial charge in [0, 0.05) is 36.3 Å². The van der Waals surface area contributed by atoms with Crippen LogP contribution in [0.5, 0.6) is 0 Å². The molecule has 0 atom stereocenters. The van der Waals surface area contributed by atoms with Gasteiger partial charge in [-0.3, -0.25) is 9.59 Å². The number of carbonyl (C=O) groups is 2.